The van der Waals surface area contributed by atoms with E-state index < -0.39 is 24.3 Å². The van der Waals surface area contributed by atoms with Gasteiger partial charge in [-0.2, -0.15) is 0 Å². The fraction of sp³-hybridized carbons (Fsp3) is 0.714. The second-order valence-corrected chi connectivity index (χ2v) is 7.43. The highest BCUT2D eigenvalue weighted by Crippen LogP contribution is 2.34. The number of aliphatic hydroxyl groups is 3. The van der Waals surface area contributed by atoms with Gasteiger partial charge in [0, 0.05) is 30.8 Å². The molecule has 0 radical (unpaired) electrons. The van der Waals surface area contributed by atoms with Crippen molar-refractivity contribution in [3.05, 3.63) is 24.3 Å². The fourth-order valence-corrected chi connectivity index (χ4v) is 3.57. The van der Waals surface area contributed by atoms with Gasteiger partial charge in [-0.3, -0.25) is 4.79 Å². The number of unbranched alkanes of at least 4 members (excludes halogenated alkanes) is 3. The second-order valence-electron chi connectivity index (χ2n) is 7.43. The van der Waals surface area contributed by atoms with E-state index in [9.17, 15) is 24.9 Å². The number of allylic oxidation sites excluding steroid dienone is 1. The number of Topliss-reactive ketones (excluding diaryl/α,β-unsaturated/α-hetero) is 1. The van der Waals surface area contributed by atoms with Crippen LogP contribution in [0.15, 0.2) is 24.3 Å². The van der Waals surface area contributed by atoms with E-state index in [2.05, 4.69) is 0 Å². The van der Waals surface area contributed by atoms with Crippen molar-refractivity contribution in [1.29, 1.82) is 0 Å². The normalized spacial score (nSPS) is 25.5. The SMILES string of the molecule is CCCC[C@H](O)C[C@H](O)/C=C/[C@H]1[C@H](O)CC(=O)[C@@H]1CCCC/C=C/C(=O)O. The van der Waals surface area contributed by atoms with E-state index in [-0.39, 0.29) is 30.5 Å². The lowest BCUT2D eigenvalue weighted by Gasteiger charge is -2.18. The van der Waals surface area contributed by atoms with Crippen LogP contribution in [0.1, 0.15) is 64.7 Å². The van der Waals surface area contributed by atoms with Gasteiger partial charge in [-0.1, -0.05) is 44.4 Å². The van der Waals surface area contributed by atoms with Crippen molar-refractivity contribution in [1.82, 2.24) is 0 Å². The Kier molecular flexibility index (Phi) is 11.2. The first-order valence-corrected chi connectivity index (χ1v) is 9.99. The molecule has 5 atom stereocenters. The first-order chi connectivity index (χ1) is 12.8. The molecule has 0 amide bonds. The number of hydrogen-bond donors (Lipinski definition) is 4. The van der Waals surface area contributed by atoms with Crippen LogP contribution in [0.2, 0.25) is 0 Å². The monoisotopic (exact) mass is 382 g/mol. The predicted octanol–water partition coefficient (Wildman–Crippen LogP) is 2.61. The lowest BCUT2D eigenvalue weighted by molar-refractivity contribution is -0.131. The molecule has 0 aromatic heterocycles. The van der Waals surface area contributed by atoms with E-state index >= 15 is 0 Å². The Bertz CT molecular complexity index is 513. The highest BCUT2D eigenvalue weighted by atomic mass is 16.4. The minimum Gasteiger partial charge on any atom is -0.478 e. The molecule has 6 heteroatoms. The van der Waals surface area contributed by atoms with Gasteiger partial charge in [0.1, 0.15) is 5.78 Å². The summed E-state index contributed by atoms with van der Waals surface area (Å²) >= 11 is 0. The van der Waals surface area contributed by atoms with Crippen molar-refractivity contribution in [2.75, 3.05) is 0 Å². The van der Waals surface area contributed by atoms with Crippen molar-refractivity contribution >= 4 is 11.8 Å². The number of rotatable bonds is 13. The van der Waals surface area contributed by atoms with Crippen molar-refractivity contribution in [2.24, 2.45) is 11.8 Å². The molecule has 1 aliphatic carbocycles. The minimum atomic E-state index is -0.965. The molecular weight excluding hydrogens is 348 g/mol. The standard InChI is InChI=1S/C21H34O6/c1-2-3-8-15(22)13-16(23)11-12-18-17(19(24)14-20(18)25)9-6-4-5-7-10-21(26)27/h7,10-12,15-18,20,22-23,25H,2-6,8-9,13-14H2,1H3,(H,26,27)/b10-7+,12-11+/t15-,16+,17+,18+,20+/m0/s1. The van der Waals surface area contributed by atoms with E-state index in [0.717, 1.165) is 31.8 Å². The maximum absolute atomic E-state index is 12.2. The first kappa shape index (κ1) is 23.5. The van der Waals surface area contributed by atoms with E-state index in [1.165, 1.54) is 0 Å². The Balaban J connectivity index is 2.47. The van der Waals surface area contributed by atoms with Gasteiger partial charge < -0.3 is 20.4 Å². The van der Waals surface area contributed by atoms with Crippen molar-refractivity contribution in [2.45, 2.75) is 83.0 Å². The second kappa shape index (κ2) is 12.8. The number of aliphatic hydroxyl groups excluding tert-OH is 3. The molecule has 0 aromatic rings. The zero-order chi connectivity index (χ0) is 20.2. The highest BCUT2D eigenvalue weighted by Gasteiger charge is 2.39. The predicted molar refractivity (Wildman–Crippen MR) is 103 cm³/mol. The number of hydrogen-bond acceptors (Lipinski definition) is 5. The van der Waals surface area contributed by atoms with Crippen LogP contribution in [0.4, 0.5) is 0 Å². The van der Waals surface area contributed by atoms with E-state index in [1.54, 1.807) is 18.2 Å². The van der Waals surface area contributed by atoms with E-state index in [4.69, 9.17) is 5.11 Å². The number of ketones is 1. The summed E-state index contributed by atoms with van der Waals surface area (Å²) in [5.41, 5.74) is 0. The van der Waals surface area contributed by atoms with Gasteiger partial charge in [-0.25, -0.2) is 4.79 Å². The molecule has 27 heavy (non-hydrogen) atoms. The molecule has 0 bridgehead atoms. The summed E-state index contributed by atoms with van der Waals surface area (Å²) in [5.74, 6) is -1.50. The number of carboxylic acids is 1. The van der Waals surface area contributed by atoms with Crippen LogP contribution in [0.3, 0.4) is 0 Å². The highest BCUT2D eigenvalue weighted by molar-refractivity contribution is 5.84. The van der Waals surface area contributed by atoms with Crippen LogP contribution < -0.4 is 0 Å². The zero-order valence-corrected chi connectivity index (χ0v) is 16.2. The van der Waals surface area contributed by atoms with E-state index in [1.807, 2.05) is 6.92 Å². The molecule has 1 fully saturated rings. The first-order valence-electron chi connectivity index (χ1n) is 9.99. The summed E-state index contributed by atoms with van der Waals surface area (Å²) in [6, 6.07) is 0. The molecule has 0 heterocycles. The molecule has 0 saturated heterocycles. The van der Waals surface area contributed by atoms with Gasteiger partial charge in [0.05, 0.1) is 18.3 Å². The molecule has 1 saturated carbocycles. The van der Waals surface area contributed by atoms with Gasteiger partial charge in [0.25, 0.3) is 0 Å². The number of aliphatic carboxylic acids is 1. The van der Waals surface area contributed by atoms with Gasteiger partial charge in [0.2, 0.25) is 0 Å². The molecule has 0 unspecified atom stereocenters. The zero-order valence-electron chi connectivity index (χ0n) is 16.2. The molecule has 0 aliphatic heterocycles. The number of carboxylic acid groups (broad SMARTS) is 1. The van der Waals surface area contributed by atoms with Crippen LogP contribution in [0, 0.1) is 11.8 Å². The fourth-order valence-electron chi connectivity index (χ4n) is 3.57. The van der Waals surface area contributed by atoms with Gasteiger partial charge in [-0.15, -0.1) is 0 Å². The largest absolute Gasteiger partial charge is 0.478 e. The molecular formula is C21H34O6. The van der Waals surface area contributed by atoms with Crippen LogP contribution in [-0.4, -0.2) is 50.5 Å². The maximum atomic E-state index is 12.2. The average molecular weight is 382 g/mol. The molecule has 1 aliphatic rings. The van der Waals surface area contributed by atoms with Crippen molar-refractivity contribution in [3.8, 4) is 0 Å². The number of carbonyl (C=O) groups is 2. The van der Waals surface area contributed by atoms with Crippen LogP contribution >= 0.6 is 0 Å². The Morgan fingerprint density at radius 2 is 2.00 bits per heavy atom. The summed E-state index contributed by atoms with van der Waals surface area (Å²) in [5, 5.41) is 38.6. The van der Waals surface area contributed by atoms with Crippen LogP contribution in [0.25, 0.3) is 0 Å². The molecule has 0 spiro atoms. The van der Waals surface area contributed by atoms with Crippen LogP contribution in [0.5, 0.6) is 0 Å². The summed E-state index contributed by atoms with van der Waals surface area (Å²) in [6.07, 6.45) is 9.76. The third kappa shape index (κ3) is 9.31. The summed E-state index contributed by atoms with van der Waals surface area (Å²) in [6.45, 7) is 2.05. The lowest BCUT2D eigenvalue weighted by atomic mass is 9.88. The van der Waals surface area contributed by atoms with Crippen molar-refractivity contribution in [3.63, 3.8) is 0 Å². The lowest BCUT2D eigenvalue weighted by Crippen LogP contribution is -2.20. The minimum absolute atomic E-state index is 0.0377. The molecule has 6 nitrogen and oxygen atoms in total. The molecule has 0 aromatic carbocycles. The summed E-state index contributed by atoms with van der Waals surface area (Å²) in [7, 11) is 0. The Morgan fingerprint density at radius 1 is 1.26 bits per heavy atom. The Morgan fingerprint density at radius 3 is 2.67 bits per heavy atom. The quantitative estimate of drug-likeness (QED) is 0.221. The topological polar surface area (TPSA) is 115 Å². The van der Waals surface area contributed by atoms with E-state index in [0.29, 0.717) is 19.3 Å². The van der Waals surface area contributed by atoms with Gasteiger partial charge >= 0.3 is 5.97 Å². The third-order valence-corrected chi connectivity index (χ3v) is 5.09. The Labute approximate surface area is 161 Å². The molecule has 1 rings (SSSR count). The third-order valence-electron chi connectivity index (χ3n) is 5.09. The maximum Gasteiger partial charge on any atom is 0.327 e. The van der Waals surface area contributed by atoms with Gasteiger partial charge in [0.15, 0.2) is 0 Å². The van der Waals surface area contributed by atoms with Crippen molar-refractivity contribution < 1.29 is 30.0 Å². The Hall–Kier alpha value is -1.50. The summed E-state index contributed by atoms with van der Waals surface area (Å²) in [4.78, 5) is 22.6. The van der Waals surface area contributed by atoms with Crippen LogP contribution in [-0.2, 0) is 9.59 Å². The molecule has 154 valence electrons. The smallest absolute Gasteiger partial charge is 0.327 e. The number of carbonyl (C=O) groups excluding carboxylic acids is 1. The summed E-state index contributed by atoms with van der Waals surface area (Å²) < 4.78 is 0. The average Bonchev–Trinajstić information content (AvgIpc) is 2.87. The molecule has 4 N–H and O–H groups in total. The van der Waals surface area contributed by atoms with Gasteiger partial charge in [-0.05, 0) is 25.7 Å².